The highest BCUT2D eigenvalue weighted by Gasteiger charge is 2.52. The Kier molecular flexibility index (Phi) is 5.15. The van der Waals surface area contributed by atoms with Crippen molar-refractivity contribution in [3.63, 3.8) is 0 Å². The number of pyridine rings is 1. The molecule has 3 rings (SSSR count). The molecule has 3 heterocycles. The number of nitrogens with one attached hydrogen (secondary N) is 2. The van der Waals surface area contributed by atoms with Crippen molar-refractivity contribution < 1.29 is 14.3 Å². The van der Waals surface area contributed by atoms with Crippen LogP contribution in [0.4, 0.5) is 0 Å². The first-order valence-corrected chi connectivity index (χ1v) is 8.94. The SMILES string of the molecule is CCOC(=O)[C@]12CCCN[C@@H]1CCN(C(=O)c1c[nH]c(=O)c(Cl)c1)C2. The van der Waals surface area contributed by atoms with Crippen LogP contribution in [0.2, 0.25) is 5.02 Å². The summed E-state index contributed by atoms with van der Waals surface area (Å²) in [5.41, 5.74) is -0.837. The Morgan fingerprint density at radius 1 is 1.48 bits per heavy atom. The van der Waals surface area contributed by atoms with Gasteiger partial charge in [0.2, 0.25) is 0 Å². The number of hydrogen-bond acceptors (Lipinski definition) is 5. The predicted molar refractivity (Wildman–Crippen MR) is 92.7 cm³/mol. The number of ether oxygens (including phenoxy) is 1. The van der Waals surface area contributed by atoms with Gasteiger partial charge in [0.15, 0.2) is 0 Å². The van der Waals surface area contributed by atoms with Gasteiger partial charge in [0.25, 0.3) is 11.5 Å². The second kappa shape index (κ2) is 7.17. The Bertz CT molecular complexity index is 735. The minimum atomic E-state index is -0.714. The maximum Gasteiger partial charge on any atom is 0.315 e. The summed E-state index contributed by atoms with van der Waals surface area (Å²) >= 11 is 5.83. The fourth-order valence-corrected chi connectivity index (χ4v) is 4.01. The topological polar surface area (TPSA) is 91.5 Å². The van der Waals surface area contributed by atoms with Gasteiger partial charge in [-0.15, -0.1) is 0 Å². The zero-order chi connectivity index (χ0) is 18.0. The minimum absolute atomic E-state index is 0.0171. The van der Waals surface area contributed by atoms with Gasteiger partial charge < -0.3 is 19.9 Å². The van der Waals surface area contributed by atoms with Gasteiger partial charge in [-0.25, -0.2) is 0 Å². The average Bonchev–Trinajstić information content (AvgIpc) is 2.63. The van der Waals surface area contributed by atoms with E-state index in [1.807, 2.05) is 0 Å². The van der Waals surface area contributed by atoms with E-state index in [1.165, 1.54) is 12.3 Å². The highest BCUT2D eigenvalue weighted by molar-refractivity contribution is 6.30. The fraction of sp³-hybridized carbons (Fsp3) is 0.588. The van der Waals surface area contributed by atoms with Gasteiger partial charge >= 0.3 is 5.97 Å². The van der Waals surface area contributed by atoms with Crippen LogP contribution in [0.3, 0.4) is 0 Å². The van der Waals surface area contributed by atoms with E-state index < -0.39 is 11.0 Å². The number of aromatic amines is 1. The Morgan fingerprint density at radius 2 is 2.28 bits per heavy atom. The summed E-state index contributed by atoms with van der Waals surface area (Å²) < 4.78 is 5.32. The summed E-state index contributed by atoms with van der Waals surface area (Å²) in [6, 6.07) is 1.38. The fourth-order valence-electron chi connectivity index (χ4n) is 3.84. The van der Waals surface area contributed by atoms with Crippen molar-refractivity contribution in [2.24, 2.45) is 5.41 Å². The molecule has 0 unspecified atom stereocenters. The molecule has 25 heavy (non-hydrogen) atoms. The van der Waals surface area contributed by atoms with E-state index >= 15 is 0 Å². The molecule has 2 saturated heterocycles. The number of esters is 1. The smallest absolute Gasteiger partial charge is 0.315 e. The van der Waals surface area contributed by atoms with Gasteiger partial charge in [0.05, 0.1) is 12.2 Å². The molecule has 8 heteroatoms. The van der Waals surface area contributed by atoms with Crippen molar-refractivity contribution in [2.75, 3.05) is 26.2 Å². The zero-order valence-corrected chi connectivity index (χ0v) is 14.9. The number of halogens is 1. The summed E-state index contributed by atoms with van der Waals surface area (Å²) in [4.78, 5) is 41.0. The first-order chi connectivity index (χ1) is 12.0. The molecule has 0 saturated carbocycles. The number of carbonyl (C=O) groups excluding carboxylic acids is 2. The molecule has 1 amide bonds. The molecule has 0 aromatic carbocycles. The number of carbonyl (C=O) groups is 2. The lowest BCUT2D eigenvalue weighted by Crippen LogP contribution is -2.64. The third kappa shape index (κ3) is 3.30. The molecular formula is C17H22ClN3O4. The van der Waals surface area contributed by atoms with Crippen LogP contribution in [0.1, 0.15) is 36.5 Å². The molecule has 2 N–H and O–H groups in total. The van der Waals surface area contributed by atoms with Gasteiger partial charge in [-0.05, 0) is 38.8 Å². The Hall–Kier alpha value is -1.86. The van der Waals surface area contributed by atoms with Crippen LogP contribution in [0, 0.1) is 5.41 Å². The number of fused-ring (bicyclic) bond motifs is 1. The van der Waals surface area contributed by atoms with Crippen LogP contribution in [-0.4, -0.2) is 54.0 Å². The molecule has 1 aromatic heterocycles. The first kappa shape index (κ1) is 17.9. The molecular weight excluding hydrogens is 346 g/mol. The van der Waals surface area contributed by atoms with E-state index in [9.17, 15) is 14.4 Å². The van der Waals surface area contributed by atoms with E-state index in [0.717, 1.165) is 13.0 Å². The maximum atomic E-state index is 12.8. The van der Waals surface area contributed by atoms with E-state index in [0.29, 0.717) is 38.1 Å². The number of nitrogens with zero attached hydrogens (tertiary/aromatic N) is 1. The van der Waals surface area contributed by atoms with Crippen LogP contribution in [0.15, 0.2) is 17.1 Å². The maximum absolute atomic E-state index is 12.8. The zero-order valence-electron chi connectivity index (χ0n) is 14.1. The van der Waals surface area contributed by atoms with Crippen molar-refractivity contribution >= 4 is 23.5 Å². The molecule has 2 atom stereocenters. The first-order valence-electron chi connectivity index (χ1n) is 8.56. The Balaban J connectivity index is 1.86. The molecule has 136 valence electrons. The van der Waals surface area contributed by atoms with Gasteiger partial charge in [-0.3, -0.25) is 14.4 Å². The second-order valence-corrected chi connectivity index (χ2v) is 6.97. The van der Waals surface area contributed by atoms with Crippen molar-refractivity contribution in [3.8, 4) is 0 Å². The number of piperidine rings is 2. The van der Waals surface area contributed by atoms with E-state index in [2.05, 4.69) is 10.3 Å². The number of H-pyrrole nitrogens is 1. The normalized spacial score (nSPS) is 26.0. The van der Waals surface area contributed by atoms with E-state index in [1.54, 1.807) is 11.8 Å². The number of hydrogen-bond donors (Lipinski definition) is 2. The monoisotopic (exact) mass is 367 g/mol. The molecule has 0 bridgehead atoms. The third-order valence-electron chi connectivity index (χ3n) is 5.09. The predicted octanol–water partition coefficient (Wildman–Crippen LogP) is 1.18. The van der Waals surface area contributed by atoms with Gasteiger partial charge in [0, 0.05) is 25.3 Å². The number of aromatic nitrogens is 1. The molecule has 0 radical (unpaired) electrons. The molecule has 0 spiro atoms. The lowest BCUT2D eigenvalue weighted by molar-refractivity contribution is -0.162. The van der Waals surface area contributed by atoms with Gasteiger partial charge in [0.1, 0.15) is 10.4 Å². The molecule has 0 aliphatic carbocycles. The molecule has 2 fully saturated rings. The van der Waals surface area contributed by atoms with Crippen LogP contribution >= 0.6 is 11.6 Å². The highest BCUT2D eigenvalue weighted by atomic mass is 35.5. The minimum Gasteiger partial charge on any atom is -0.465 e. The Morgan fingerprint density at radius 3 is 3.00 bits per heavy atom. The molecule has 2 aliphatic rings. The van der Waals surface area contributed by atoms with Crippen molar-refractivity contribution in [3.05, 3.63) is 33.2 Å². The van der Waals surface area contributed by atoms with Gasteiger partial charge in [-0.2, -0.15) is 0 Å². The lowest BCUT2D eigenvalue weighted by atomic mass is 9.70. The Labute approximate surface area is 150 Å². The van der Waals surface area contributed by atoms with Crippen LogP contribution in [-0.2, 0) is 9.53 Å². The number of rotatable bonds is 3. The van der Waals surface area contributed by atoms with Crippen molar-refractivity contribution in [2.45, 2.75) is 32.2 Å². The number of amides is 1. The quantitative estimate of drug-likeness (QED) is 0.783. The van der Waals surface area contributed by atoms with E-state index in [4.69, 9.17) is 16.3 Å². The van der Waals surface area contributed by atoms with E-state index in [-0.39, 0.29) is 22.9 Å². The largest absolute Gasteiger partial charge is 0.465 e. The summed E-state index contributed by atoms with van der Waals surface area (Å²) in [6.07, 6.45) is 3.60. The second-order valence-electron chi connectivity index (χ2n) is 6.57. The van der Waals surface area contributed by atoms with Crippen LogP contribution in [0.25, 0.3) is 0 Å². The lowest BCUT2D eigenvalue weighted by Gasteiger charge is -2.49. The van der Waals surface area contributed by atoms with Crippen molar-refractivity contribution in [1.29, 1.82) is 0 Å². The summed E-state index contributed by atoms with van der Waals surface area (Å²) in [7, 11) is 0. The molecule has 2 aliphatic heterocycles. The highest BCUT2D eigenvalue weighted by Crippen LogP contribution is 2.39. The average molecular weight is 368 g/mol. The number of likely N-dealkylation sites (tertiary alicyclic amines) is 1. The summed E-state index contributed by atoms with van der Waals surface area (Å²) in [6.45, 7) is 3.81. The molecule has 1 aromatic rings. The van der Waals surface area contributed by atoms with Crippen molar-refractivity contribution in [1.82, 2.24) is 15.2 Å². The standard InChI is InChI=1S/C17H22ClN3O4/c1-2-25-16(24)17-5-3-6-19-13(17)4-7-21(10-17)15(23)11-8-12(18)14(22)20-9-11/h8-9,13,19H,2-7,10H2,1H3,(H,20,22)/t13-,17+/m1/s1. The summed E-state index contributed by atoms with van der Waals surface area (Å²) in [5, 5.41) is 3.38. The molecule has 7 nitrogen and oxygen atoms in total. The third-order valence-corrected chi connectivity index (χ3v) is 5.37. The van der Waals surface area contributed by atoms with Crippen LogP contribution < -0.4 is 10.9 Å². The van der Waals surface area contributed by atoms with Gasteiger partial charge in [-0.1, -0.05) is 11.6 Å². The van der Waals surface area contributed by atoms with Crippen LogP contribution in [0.5, 0.6) is 0 Å². The summed E-state index contributed by atoms with van der Waals surface area (Å²) in [5.74, 6) is -0.491.